The summed E-state index contributed by atoms with van der Waals surface area (Å²) in [6.45, 7) is 4.78. The normalized spacial score (nSPS) is 12.0. The first-order chi connectivity index (χ1) is 19.2. The minimum absolute atomic E-state index is 0.438. The zero-order chi connectivity index (χ0) is 26.6. The quantitative estimate of drug-likeness (QED) is 0.193. The van der Waals surface area contributed by atoms with Crippen LogP contribution >= 0.6 is 0 Å². The molecule has 3 nitrogen and oxygen atoms in total. The third-order valence-electron chi connectivity index (χ3n) is 7.36. The summed E-state index contributed by atoms with van der Waals surface area (Å²) in [5.41, 5.74) is 7.98. The Balaban J connectivity index is 1.51. The maximum atomic E-state index is 11.5. The predicted octanol–water partition coefficient (Wildman–Crippen LogP) is 8.33. The average molecular weight is 509 g/mol. The standard InChI is InChI=1S/C36H32N2O/c1-2-13-27-15-10-12-21-33(27)37-24-30(39)25-38-35(29-18-7-4-8-19-29)34(28-16-5-3-6-17-28)32-23-22-26-14-9-11-20-31(26)36(32)38/h2-12,14-23,30,37,39H,1,13,24-25H2. The number of para-hydroxylation sites is 1. The summed E-state index contributed by atoms with van der Waals surface area (Å²) in [6.07, 6.45) is 2.08. The van der Waals surface area contributed by atoms with E-state index in [1.54, 1.807) is 0 Å². The Morgan fingerprint density at radius 1 is 0.718 bits per heavy atom. The molecule has 1 unspecified atom stereocenters. The van der Waals surface area contributed by atoms with Gasteiger partial charge in [-0.25, -0.2) is 0 Å². The van der Waals surface area contributed by atoms with Crippen LogP contribution in [-0.2, 0) is 13.0 Å². The number of nitrogens with zero attached hydrogens (tertiary/aromatic N) is 1. The van der Waals surface area contributed by atoms with Gasteiger partial charge in [0.25, 0.3) is 0 Å². The lowest BCUT2D eigenvalue weighted by Crippen LogP contribution is -2.25. The molecule has 3 heteroatoms. The number of anilines is 1. The van der Waals surface area contributed by atoms with Gasteiger partial charge in [-0.2, -0.15) is 0 Å². The number of fused-ring (bicyclic) bond motifs is 3. The highest BCUT2D eigenvalue weighted by molar-refractivity contribution is 6.15. The molecular formula is C36H32N2O. The van der Waals surface area contributed by atoms with Crippen LogP contribution in [0.4, 0.5) is 5.69 Å². The van der Waals surface area contributed by atoms with Crippen LogP contribution in [0.25, 0.3) is 44.1 Å². The van der Waals surface area contributed by atoms with Gasteiger partial charge in [-0.3, -0.25) is 0 Å². The molecular weight excluding hydrogens is 476 g/mol. The Hall–Kier alpha value is -4.60. The summed E-state index contributed by atoms with van der Waals surface area (Å²) in [4.78, 5) is 0. The number of hydrogen-bond donors (Lipinski definition) is 2. The van der Waals surface area contributed by atoms with Gasteiger partial charge in [0.05, 0.1) is 23.9 Å². The number of benzene rings is 5. The second-order valence-electron chi connectivity index (χ2n) is 9.93. The van der Waals surface area contributed by atoms with Crippen molar-refractivity contribution in [2.24, 2.45) is 0 Å². The van der Waals surface area contributed by atoms with Gasteiger partial charge in [-0.15, -0.1) is 6.58 Å². The van der Waals surface area contributed by atoms with Crippen molar-refractivity contribution in [2.45, 2.75) is 19.1 Å². The fourth-order valence-electron chi connectivity index (χ4n) is 5.63. The van der Waals surface area contributed by atoms with E-state index in [2.05, 4.69) is 120 Å². The van der Waals surface area contributed by atoms with Crippen LogP contribution in [0.15, 0.2) is 134 Å². The van der Waals surface area contributed by atoms with E-state index in [9.17, 15) is 5.11 Å². The summed E-state index contributed by atoms with van der Waals surface area (Å²) in [6, 6.07) is 42.3. The largest absolute Gasteiger partial charge is 0.389 e. The Labute approximate surface area is 229 Å². The second-order valence-corrected chi connectivity index (χ2v) is 9.93. The van der Waals surface area contributed by atoms with E-state index >= 15 is 0 Å². The molecule has 0 spiro atoms. The van der Waals surface area contributed by atoms with Crippen molar-refractivity contribution >= 4 is 27.4 Å². The summed E-state index contributed by atoms with van der Waals surface area (Å²) in [7, 11) is 0. The van der Waals surface area contributed by atoms with E-state index in [1.165, 1.54) is 32.8 Å². The molecule has 39 heavy (non-hydrogen) atoms. The first-order valence-electron chi connectivity index (χ1n) is 13.5. The van der Waals surface area contributed by atoms with E-state index in [-0.39, 0.29) is 0 Å². The van der Waals surface area contributed by atoms with Crippen LogP contribution in [0.2, 0.25) is 0 Å². The molecule has 0 saturated carbocycles. The van der Waals surface area contributed by atoms with Crippen LogP contribution in [0.3, 0.4) is 0 Å². The molecule has 0 radical (unpaired) electrons. The number of aliphatic hydroxyl groups is 1. The SMILES string of the molecule is C=CCc1ccccc1NCC(O)Cn1c(-c2ccccc2)c(-c2ccccc2)c2ccc3ccccc3c21. The lowest BCUT2D eigenvalue weighted by molar-refractivity contribution is 0.169. The Bertz CT molecular complexity index is 1730. The highest BCUT2D eigenvalue weighted by atomic mass is 16.3. The maximum absolute atomic E-state index is 11.5. The van der Waals surface area contributed by atoms with Crippen LogP contribution < -0.4 is 5.32 Å². The zero-order valence-electron chi connectivity index (χ0n) is 21.9. The number of nitrogens with one attached hydrogen (secondary N) is 1. The lowest BCUT2D eigenvalue weighted by atomic mass is 9.97. The van der Waals surface area contributed by atoms with Gasteiger partial charge < -0.3 is 15.0 Å². The Morgan fingerprint density at radius 3 is 2.15 bits per heavy atom. The highest BCUT2D eigenvalue weighted by Gasteiger charge is 2.23. The molecule has 0 aliphatic rings. The molecule has 2 N–H and O–H groups in total. The van der Waals surface area contributed by atoms with Crippen molar-refractivity contribution in [1.29, 1.82) is 0 Å². The van der Waals surface area contributed by atoms with Crippen LogP contribution in [0.1, 0.15) is 5.56 Å². The first-order valence-corrected chi connectivity index (χ1v) is 13.5. The molecule has 0 aliphatic heterocycles. The summed E-state index contributed by atoms with van der Waals surface area (Å²) in [5.74, 6) is 0. The average Bonchev–Trinajstić information content (AvgIpc) is 3.32. The maximum Gasteiger partial charge on any atom is 0.0891 e. The first kappa shape index (κ1) is 24.7. The molecule has 0 saturated heterocycles. The number of rotatable bonds is 9. The zero-order valence-corrected chi connectivity index (χ0v) is 21.9. The monoisotopic (exact) mass is 508 g/mol. The van der Waals surface area contributed by atoms with Gasteiger partial charge >= 0.3 is 0 Å². The van der Waals surface area contributed by atoms with E-state index in [0.29, 0.717) is 13.1 Å². The summed E-state index contributed by atoms with van der Waals surface area (Å²) < 4.78 is 2.33. The number of aromatic nitrogens is 1. The van der Waals surface area contributed by atoms with Gasteiger partial charge in [-0.1, -0.05) is 121 Å². The molecule has 1 atom stereocenters. The Morgan fingerprint density at radius 2 is 1.38 bits per heavy atom. The van der Waals surface area contributed by atoms with Crippen molar-refractivity contribution < 1.29 is 5.11 Å². The van der Waals surface area contributed by atoms with Gasteiger partial charge in [0.2, 0.25) is 0 Å². The molecule has 0 bridgehead atoms. The van der Waals surface area contributed by atoms with Crippen LogP contribution in [0.5, 0.6) is 0 Å². The molecule has 192 valence electrons. The predicted molar refractivity (Wildman–Crippen MR) is 165 cm³/mol. The minimum Gasteiger partial charge on any atom is -0.389 e. The van der Waals surface area contributed by atoms with E-state index < -0.39 is 6.10 Å². The fraction of sp³-hybridized carbons (Fsp3) is 0.111. The van der Waals surface area contributed by atoms with E-state index in [1.807, 2.05) is 24.3 Å². The molecule has 5 aromatic carbocycles. The second kappa shape index (κ2) is 11.0. The van der Waals surface area contributed by atoms with E-state index in [0.717, 1.165) is 28.9 Å². The van der Waals surface area contributed by atoms with Gasteiger partial charge in [-0.05, 0) is 34.6 Å². The van der Waals surface area contributed by atoms with E-state index in [4.69, 9.17) is 0 Å². The minimum atomic E-state index is -0.609. The third-order valence-corrected chi connectivity index (χ3v) is 7.36. The number of allylic oxidation sites excluding steroid dienone is 1. The molecule has 6 aromatic rings. The lowest BCUT2D eigenvalue weighted by Gasteiger charge is -2.19. The summed E-state index contributed by atoms with van der Waals surface area (Å²) >= 11 is 0. The highest BCUT2D eigenvalue weighted by Crippen LogP contribution is 2.43. The van der Waals surface area contributed by atoms with Gasteiger partial charge in [0, 0.05) is 28.6 Å². The fourth-order valence-corrected chi connectivity index (χ4v) is 5.63. The van der Waals surface area contributed by atoms with Gasteiger partial charge in [0.1, 0.15) is 0 Å². The molecule has 1 aromatic heterocycles. The topological polar surface area (TPSA) is 37.2 Å². The molecule has 6 rings (SSSR count). The van der Waals surface area contributed by atoms with Crippen LogP contribution in [0, 0.1) is 0 Å². The molecule has 0 fully saturated rings. The van der Waals surface area contributed by atoms with Crippen molar-refractivity contribution in [3.63, 3.8) is 0 Å². The Kier molecular flexibility index (Phi) is 6.99. The number of aliphatic hydroxyl groups excluding tert-OH is 1. The van der Waals surface area contributed by atoms with Gasteiger partial charge in [0.15, 0.2) is 0 Å². The summed E-state index contributed by atoms with van der Waals surface area (Å²) in [5, 5.41) is 18.5. The third kappa shape index (κ3) is 4.85. The smallest absolute Gasteiger partial charge is 0.0891 e. The number of hydrogen-bond acceptors (Lipinski definition) is 2. The molecule has 1 heterocycles. The van der Waals surface area contributed by atoms with Crippen molar-refractivity contribution in [1.82, 2.24) is 4.57 Å². The van der Waals surface area contributed by atoms with Crippen molar-refractivity contribution in [2.75, 3.05) is 11.9 Å². The van der Waals surface area contributed by atoms with Crippen LogP contribution in [-0.4, -0.2) is 22.3 Å². The van der Waals surface area contributed by atoms with Crippen molar-refractivity contribution in [3.05, 3.63) is 140 Å². The molecule has 0 amide bonds. The molecule has 0 aliphatic carbocycles. The van der Waals surface area contributed by atoms with Crippen molar-refractivity contribution in [3.8, 4) is 22.4 Å².